The van der Waals surface area contributed by atoms with Gasteiger partial charge in [0.15, 0.2) is 0 Å². The average Bonchev–Trinajstić information content (AvgIpc) is 4.00. The third kappa shape index (κ3) is 5.02. The molecule has 0 saturated carbocycles. The van der Waals surface area contributed by atoms with E-state index in [0.29, 0.717) is 0 Å². The second-order valence-corrected chi connectivity index (χ2v) is 18.5. The van der Waals surface area contributed by atoms with Gasteiger partial charge in [-0.25, -0.2) is 0 Å². The minimum absolute atomic E-state index is 0.0946. The lowest BCUT2D eigenvalue weighted by Crippen LogP contribution is -2.16. The van der Waals surface area contributed by atoms with Crippen molar-refractivity contribution in [3.63, 3.8) is 0 Å². The van der Waals surface area contributed by atoms with Gasteiger partial charge >= 0.3 is 0 Å². The van der Waals surface area contributed by atoms with E-state index < -0.39 is 0 Å². The zero-order valence-corrected chi connectivity index (χ0v) is 35.8. The number of anilines is 3. The number of fused-ring (bicyclic) bond motifs is 12. The van der Waals surface area contributed by atoms with Crippen LogP contribution in [-0.4, -0.2) is 4.57 Å². The van der Waals surface area contributed by atoms with E-state index in [9.17, 15) is 0 Å². The molecule has 0 bridgehead atoms. The van der Waals surface area contributed by atoms with Gasteiger partial charge in [-0.05, 0) is 129 Å². The molecule has 3 nitrogen and oxygen atoms in total. The van der Waals surface area contributed by atoms with Crippen molar-refractivity contribution in [1.29, 1.82) is 0 Å². The van der Waals surface area contributed by atoms with Gasteiger partial charge in [0.25, 0.3) is 0 Å². The Kier molecular flexibility index (Phi) is 7.42. The fourth-order valence-corrected chi connectivity index (χ4v) is 11.3. The van der Waals surface area contributed by atoms with Crippen molar-refractivity contribution in [1.82, 2.24) is 4.57 Å². The first kappa shape index (κ1) is 36.1. The summed E-state index contributed by atoms with van der Waals surface area (Å²) in [5.41, 5.74) is 21.5. The van der Waals surface area contributed by atoms with E-state index in [4.69, 9.17) is 4.42 Å². The lowest BCUT2D eigenvalue weighted by atomic mass is 9.82. The van der Waals surface area contributed by atoms with E-state index >= 15 is 0 Å². The second kappa shape index (κ2) is 13.0. The highest BCUT2D eigenvalue weighted by Crippen LogP contribution is 2.56. The highest BCUT2D eigenvalue weighted by Gasteiger charge is 2.39. The van der Waals surface area contributed by atoms with Crippen LogP contribution in [0.5, 0.6) is 0 Å². The Morgan fingerprint density at radius 1 is 0.413 bits per heavy atom. The van der Waals surface area contributed by atoms with Gasteiger partial charge in [-0.2, -0.15) is 0 Å². The summed E-state index contributed by atoms with van der Waals surface area (Å²) in [5.74, 6) is 0. The summed E-state index contributed by atoms with van der Waals surface area (Å²) < 4.78 is 9.18. The van der Waals surface area contributed by atoms with Crippen LogP contribution >= 0.6 is 0 Å². The average molecular weight is 809 g/mol. The summed E-state index contributed by atoms with van der Waals surface area (Å²) in [6.07, 6.45) is 0. The Morgan fingerprint density at radius 2 is 1.02 bits per heavy atom. The van der Waals surface area contributed by atoms with Crippen LogP contribution in [0.4, 0.5) is 17.1 Å². The van der Waals surface area contributed by atoms with Gasteiger partial charge in [0.1, 0.15) is 11.2 Å². The summed E-state index contributed by atoms with van der Waals surface area (Å²) in [6.45, 7) is 9.43. The second-order valence-electron chi connectivity index (χ2n) is 18.5. The predicted molar refractivity (Wildman–Crippen MR) is 263 cm³/mol. The zero-order valence-electron chi connectivity index (χ0n) is 35.8. The fraction of sp³-hybridized carbons (Fsp3) is 0.100. The van der Waals surface area contributed by atoms with Crippen LogP contribution in [0, 0.1) is 0 Å². The Morgan fingerprint density at radius 3 is 1.81 bits per heavy atom. The summed E-state index contributed by atoms with van der Waals surface area (Å²) in [6, 6.07) is 71.4. The van der Waals surface area contributed by atoms with Crippen molar-refractivity contribution < 1.29 is 4.42 Å². The van der Waals surface area contributed by atoms with Crippen molar-refractivity contribution >= 4 is 60.8 Å². The molecule has 13 rings (SSSR count). The van der Waals surface area contributed by atoms with Gasteiger partial charge in [-0.15, -0.1) is 0 Å². The maximum absolute atomic E-state index is 6.73. The van der Waals surface area contributed by atoms with Crippen molar-refractivity contribution in [2.24, 2.45) is 0 Å². The minimum Gasteiger partial charge on any atom is -0.456 e. The van der Waals surface area contributed by atoms with Crippen LogP contribution < -0.4 is 4.90 Å². The molecule has 0 N–H and O–H groups in total. The summed E-state index contributed by atoms with van der Waals surface area (Å²) in [7, 11) is 0. The number of benzene rings is 9. The molecule has 0 radical (unpaired) electrons. The Labute approximate surface area is 367 Å². The van der Waals surface area contributed by atoms with Crippen molar-refractivity contribution in [3.8, 4) is 39.1 Å². The molecule has 0 atom stereocenters. The van der Waals surface area contributed by atoms with Crippen molar-refractivity contribution in [2.75, 3.05) is 4.90 Å². The van der Waals surface area contributed by atoms with Crippen LogP contribution in [0.1, 0.15) is 49.9 Å². The molecule has 0 saturated heterocycles. The van der Waals surface area contributed by atoms with Gasteiger partial charge in [0.2, 0.25) is 0 Å². The van der Waals surface area contributed by atoms with Crippen LogP contribution in [0.25, 0.3) is 82.8 Å². The molecular formula is C60H44N2O. The van der Waals surface area contributed by atoms with Crippen molar-refractivity contribution in [2.45, 2.75) is 38.5 Å². The van der Waals surface area contributed by atoms with Gasteiger partial charge in [0.05, 0.1) is 27.8 Å². The molecule has 2 aliphatic carbocycles. The van der Waals surface area contributed by atoms with Crippen LogP contribution in [0.3, 0.4) is 0 Å². The zero-order chi connectivity index (χ0) is 42.2. The maximum Gasteiger partial charge on any atom is 0.137 e. The quantitative estimate of drug-likeness (QED) is 0.173. The van der Waals surface area contributed by atoms with Gasteiger partial charge in [-0.3, -0.25) is 0 Å². The summed E-state index contributed by atoms with van der Waals surface area (Å²) in [4.78, 5) is 2.45. The van der Waals surface area contributed by atoms with Crippen LogP contribution in [0.2, 0.25) is 0 Å². The molecule has 2 aromatic heterocycles. The molecule has 9 aromatic carbocycles. The van der Waals surface area contributed by atoms with E-state index in [1.54, 1.807) is 0 Å². The molecule has 300 valence electrons. The Bertz CT molecular complexity index is 3680. The number of rotatable bonds is 5. The molecule has 0 fully saturated rings. The maximum atomic E-state index is 6.73. The van der Waals surface area contributed by atoms with E-state index in [0.717, 1.165) is 50.3 Å². The molecule has 2 heterocycles. The Hall–Kier alpha value is -7.62. The normalized spacial score (nSPS) is 14.3. The molecule has 0 spiro atoms. The van der Waals surface area contributed by atoms with E-state index in [1.807, 2.05) is 0 Å². The topological polar surface area (TPSA) is 21.3 Å². The van der Waals surface area contributed by atoms with Crippen LogP contribution in [-0.2, 0) is 10.8 Å². The minimum atomic E-state index is -0.122. The third-order valence-corrected chi connectivity index (χ3v) is 14.4. The predicted octanol–water partition coefficient (Wildman–Crippen LogP) is 16.4. The third-order valence-electron chi connectivity index (χ3n) is 14.4. The first-order chi connectivity index (χ1) is 30.8. The molecule has 3 heteroatoms. The first-order valence-corrected chi connectivity index (χ1v) is 22.1. The van der Waals surface area contributed by atoms with Crippen molar-refractivity contribution in [3.05, 3.63) is 216 Å². The number of furan rings is 1. The van der Waals surface area contributed by atoms with Crippen LogP contribution in [0.15, 0.2) is 199 Å². The monoisotopic (exact) mass is 808 g/mol. The van der Waals surface area contributed by atoms with Gasteiger partial charge < -0.3 is 13.9 Å². The standard InChI is InChI=1S/C60H44N2O/c1-59(2)48-24-14-12-22-42(48)57-49(59)25-15-26-52(57)62(40-19-9-6-10-20-40)53-27-16-28-56-58(53)46-34-38(30-32-55(46)63-56)37-29-31-51-44(33-37)45-35-43-41-21-11-13-23-47(41)60(3,4)50(43)36-54(45)61(51)39-17-7-5-8-18-39/h5-36H,1-4H3. The lowest BCUT2D eigenvalue weighted by molar-refractivity contribution is 0.660. The highest BCUT2D eigenvalue weighted by molar-refractivity contribution is 6.16. The molecule has 0 amide bonds. The SMILES string of the molecule is CC1(C)c2ccccc2-c2cc3c4cc(-c5ccc6oc7cccc(N(c8ccccc8)c8cccc9c8-c8ccccc8C9(C)C)c7c6c5)ccc4n(-c4ccccc4)c3cc21. The van der Waals surface area contributed by atoms with E-state index in [2.05, 4.69) is 231 Å². The van der Waals surface area contributed by atoms with E-state index in [1.165, 1.54) is 71.9 Å². The number of aromatic nitrogens is 1. The number of hydrogen-bond acceptors (Lipinski definition) is 2. The fourth-order valence-electron chi connectivity index (χ4n) is 11.3. The molecular weight excluding hydrogens is 765 g/mol. The highest BCUT2D eigenvalue weighted by atomic mass is 16.3. The Balaban J connectivity index is 1.03. The molecule has 0 aliphatic heterocycles. The molecule has 0 unspecified atom stereocenters. The number of para-hydroxylation sites is 2. The largest absolute Gasteiger partial charge is 0.456 e. The number of hydrogen-bond donors (Lipinski definition) is 0. The lowest BCUT2D eigenvalue weighted by Gasteiger charge is -2.29. The molecule has 11 aromatic rings. The molecule has 63 heavy (non-hydrogen) atoms. The molecule has 2 aliphatic rings. The summed E-state index contributed by atoms with van der Waals surface area (Å²) in [5, 5.41) is 4.69. The first-order valence-electron chi connectivity index (χ1n) is 22.1. The van der Waals surface area contributed by atoms with Gasteiger partial charge in [0, 0.05) is 43.9 Å². The number of nitrogens with zero attached hydrogens (tertiary/aromatic N) is 2. The summed E-state index contributed by atoms with van der Waals surface area (Å²) >= 11 is 0. The van der Waals surface area contributed by atoms with Gasteiger partial charge in [-0.1, -0.05) is 143 Å². The smallest absolute Gasteiger partial charge is 0.137 e. The van der Waals surface area contributed by atoms with E-state index in [-0.39, 0.29) is 10.8 Å².